The summed E-state index contributed by atoms with van der Waals surface area (Å²) in [5.74, 6) is -0.191. The third kappa shape index (κ3) is 5.30. The predicted molar refractivity (Wildman–Crippen MR) is 70.8 cm³/mol. The van der Waals surface area contributed by atoms with Crippen LogP contribution in [-0.2, 0) is 14.3 Å². The lowest BCUT2D eigenvalue weighted by Crippen LogP contribution is -2.51. The highest BCUT2D eigenvalue weighted by molar-refractivity contribution is 5.87. The Morgan fingerprint density at radius 1 is 1.37 bits per heavy atom. The van der Waals surface area contributed by atoms with E-state index in [0.29, 0.717) is 26.3 Å². The molecule has 1 atom stereocenters. The van der Waals surface area contributed by atoms with Crippen molar-refractivity contribution in [3.05, 3.63) is 12.7 Å². The number of nitrogens with zero attached hydrogens (tertiary/aromatic N) is 1. The highest BCUT2D eigenvalue weighted by Crippen LogP contribution is 2.08. The van der Waals surface area contributed by atoms with E-state index in [1.807, 2.05) is 0 Å². The lowest BCUT2D eigenvalue weighted by molar-refractivity contribution is -0.136. The van der Waals surface area contributed by atoms with Gasteiger partial charge in [0.05, 0.1) is 13.2 Å². The first kappa shape index (κ1) is 15.5. The molecular weight excluding hydrogens is 248 g/mol. The molecule has 0 radical (unpaired) electrons. The third-order valence-electron chi connectivity index (χ3n) is 2.50. The SMILES string of the molecule is C=C[C@@H](NC(=O)OC(C)(C)C)C(=O)N1CCOCC1. The van der Waals surface area contributed by atoms with Crippen LogP contribution in [0.4, 0.5) is 4.79 Å². The van der Waals surface area contributed by atoms with Gasteiger partial charge in [0.25, 0.3) is 0 Å². The number of hydrogen-bond acceptors (Lipinski definition) is 4. The zero-order chi connectivity index (χ0) is 14.5. The Morgan fingerprint density at radius 3 is 2.42 bits per heavy atom. The number of morpholine rings is 1. The summed E-state index contributed by atoms with van der Waals surface area (Å²) < 4.78 is 10.3. The Kier molecular flexibility index (Phi) is 5.35. The van der Waals surface area contributed by atoms with E-state index in [0.717, 1.165) is 0 Å². The summed E-state index contributed by atoms with van der Waals surface area (Å²) in [6.45, 7) is 11.0. The van der Waals surface area contributed by atoms with Crippen molar-refractivity contribution in [3.63, 3.8) is 0 Å². The van der Waals surface area contributed by atoms with E-state index in [1.165, 1.54) is 6.08 Å². The van der Waals surface area contributed by atoms with E-state index in [1.54, 1.807) is 25.7 Å². The molecule has 1 rings (SSSR count). The van der Waals surface area contributed by atoms with Gasteiger partial charge in [-0.2, -0.15) is 0 Å². The van der Waals surface area contributed by atoms with E-state index in [-0.39, 0.29) is 5.91 Å². The van der Waals surface area contributed by atoms with Crippen LogP contribution in [0.2, 0.25) is 0 Å². The fourth-order valence-electron chi connectivity index (χ4n) is 1.64. The molecule has 19 heavy (non-hydrogen) atoms. The van der Waals surface area contributed by atoms with Gasteiger partial charge >= 0.3 is 6.09 Å². The van der Waals surface area contributed by atoms with E-state index in [4.69, 9.17) is 9.47 Å². The molecule has 0 spiro atoms. The van der Waals surface area contributed by atoms with Gasteiger partial charge in [0.2, 0.25) is 5.91 Å². The van der Waals surface area contributed by atoms with E-state index in [9.17, 15) is 9.59 Å². The lowest BCUT2D eigenvalue weighted by Gasteiger charge is -2.30. The Morgan fingerprint density at radius 2 is 1.95 bits per heavy atom. The molecule has 6 nitrogen and oxygen atoms in total. The molecule has 1 N–H and O–H groups in total. The molecule has 1 aliphatic heterocycles. The summed E-state index contributed by atoms with van der Waals surface area (Å²) >= 11 is 0. The van der Waals surface area contributed by atoms with Gasteiger partial charge < -0.3 is 19.7 Å². The first-order valence-corrected chi connectivity index (χ1v) is 6.32. The highest BCUT2D eigenvalue weighted by Gasteiger charge is 2.26. The quantitative estimate of drug-likeness (QED) is 0.774. The van der Waals surface area contributed by atoms with Crippen LogP contribution in [-0.4, -0.2) is 54.8 Å². The standard InChI is InChI=1S/C13H22N2O4/c1-5-10(14-12(17)19-13(2,3)4)11(16)15-6-8-18-9-7-15/h5,10H,1,6-9H2,2-4H3,(H,14,17)/t10-/m1/s1. The van der Waals surface area contributed by atoms with Crippen LogP contribution >= 0.6 is 0 Å². The van der Waals surface area contributed by atoms with Gasteiger partial charge in [-0.25, -0.2) is 4.79 Å². The number of alkyl carbamates (subject to hydrolysis) is 1. The van der Waals surface area contributed by atoms with Gasteiger partial charge in [0, 0.05) is 13.1 Å². The Labute approximate surface area is 113 Å². The smallest absolute Gasteiger partial charge is 0.408 e. The van der Waals surface area contributed by atoms with Crippen LogP contribution in [0.25, 0.3) is 0 Å². The molecule has 1 heterocycles. The number of carbonyl (C=O) groups excluding carboxylic acids is 2. The summed E-state index contributed by atoms with van der Waals surface area (Å²) in [6.07, 6.45) is 0.779. The van der Waals surface area contributed by atoms with Crippen molar-refractivity contribution >= 4 is 12.0 Å². The van der Waals surface area contributed by atoms with Crippen molar-refractivity contribution in [2.24, 2.45) is 0 Å². The second-order valence-electron chi connectivity index (χ2n) is 5.30. The van der Waals surface area contributed by atoms with Gasteiger partial charge in [-0.15, -0.1) is 6.58 Å². The number of ether oxygens (including phenoxy) is 2. The van der Waals surface area contributed by atoms with Gasteiger partial charge in [0.1, 0.15) is 11.6 Å². The van der Waals surface area contributed by atoms with Crippen molar-refractivity contribution in [1.82, 2.24) is 10.2 Å². The van der Waals surface area contributed by atoms with E-state index in [2.05, 4.69) is 11.9 Å². The van der Waals surface area contributed by atoms with Crippen LogP contribution in [0, 0.1) is 0 Å². The number of amides is 2. The fourth-order valence-corrected chi connectivity index (χ4v) is 1.64. The third-order valence-corrected chi connectivity index (χ3v) is 2.50. The van der Waals surface area contributed by atoms with Gasteiger partial charge in [-0.1, -0.05) is 6.08 Å². The van der Waals surface area contributed by atoms with Crippen LogP contribution in [0.5, 0.6) is 0 Å². The van der Waals surface area contributed by atoms with E-state index >= 15 is 0 Å². The molecule has 2 amide bonds. The molecule has 6 heteroatoms. The Hall–Kier alpha value is -1.56. The Balaban J connectivity index is 2.54. The molecule has 0 aliphatic carbocycles. The maximum Gasteiger partial charge on any atom is 0.408 e. The number of nitrogens with one attached hydrogen (secondary N) is 1. The number of carbonyl (C=O) groups is 2. The van der Waals surface area contributed by atoms with Crippen molar-refractivity contribution in [2.45, 2.75) is 32.4 Å². The molecule has 0 unspecified atom stereocenters. The first-order chi connectivity index (χ1) is 8.83. The summed E-state index contributed by atoms with van der Waals surface area (Å²) in [4.78, 5) is 25.4. The average molecular weight is 270 g/mol. The summed E-state index contributed by atoms with van der Waals surface area (Å²) in [5.41, 5.74) is -0.599. The second kappa shape index (κ2) is 6.56. The molecule has 0 bridgehead atoms. The molecule has 108 valence electrons. The Bertz CT molecular complexity index is 343. The molecular formula is C13H22N2O4. The fraction of sp³-hybridized carbons (Fsp3) is 0.692. The van der Waals surface area contributed by atoms with Crippen molar-refractivity contribution in [1.29, 1.82) is 0 Å². The van der Waals surface area contributed by atoms with Crippen molar-refractivity contribution in [3.8, 4) is 0 Å². The monoisotopic (exact) mass is 270 g/mol. The summed E-state index contributed by atoms with van der Waals surface area (Å²) in [7, 11) is 0. The zero-order valence-corrected chi connectivity index (χ0v) is 11.8. The topological polar surface area (TPSA) is 67.9 Å². The lowest BCUT2D eigenvalue weighted by atomic mass is 10.2. The zero-order valence-electron chi connectivity index (χ0n) is 11.8. The molecule has 0 saturated carbocycles. The van der Waals surface area contributed by atoms with Gasteiger partial charge in [0.15, 0.2) is 0 Å². The highest BCUT2D eigenvalue weighted by atomic mass is 16.6. The number of hydrogen-bond donors (Lipinski definition) is 1. The maximum atomic E-state index is 12.2. The normalized spacial score (nSPS) is 17.5. The molecule has 0 aromatic heterocycles. The minimum absolute atomic E-state index is 0.191. The van der Waals surface area contributed by atoms with Crippen molar-refractivity contribution in [2.75, 3.05) is 26.3 Å². The maximum absolute atomic E-state index is 12.2. The molecule has 1 aliphatic rings. The van der Waals surface area contributed by atoms with Crippen LogP contribution in [0.3, 0.4) is 0 Å². The van der Waals surface area contributed by atoms with Crippen LogP contribution in [0.15, 0.2) is 12.7 Å². The second-order valence-corrected chi connectivity index (χ2v) is 5.30. The molecule has 0 aromatic rings. The molecule has 1 fully saturated rings. The predicted octanol–water partition coefficient (Wildman–Crippen LogP) is 0.924. The minimum Gasteiger partial charge on any atom is -0.444 e. The van der Waals surface area contributed by atoms with Crippen LogP contribution in [0.1, 0.15) is 20.8 Å². The minimum atomic E-state index is -0.770. The summed E-state index contributed by atoms with van der Waals surface area (Å²) in [5, 5.41) is 2.51. The van der Waals surface area contributed by atoms with Crippen molar-refractivity contribution < 1.29 is 19.1 Å². The van der Waals surface area contributed by atoms with E-state index < -0.39 is 17.7 Å². The van der Waals surface area contributed by atoms with Crippen LogP contribution < -0.4 is 5.32 Å². The first-order valence-electron chi connectivity index (χ1n) is 6.32. The molecule has 1 saturated heterocycles. The van der Waals surface area contributed by atoms with Gasteiger partial charge in [-0.3, -0.25) is 4.79 Å². The average Bonchev–Trinajstić information content (AvgIpc) is 2.34. The molecule has 0 aromatic carbocycles. The number of rotatable bonds is 3. The largest absolute Gasteiger partial charge is 0.444 e. The summed E-state index contributed by atoms with van der Waals surface area (Å²) in [6, 6.07) is -0.770. The van der Waals surface area contributed by atoms with Gasteiger partial charge in [-0.05, 0) is 20.8 Å².